The van der Waals surface area contributed by atoms with E-state index in [0.717, 1.165) is 22.3 Å². The van der Waals surface area contributed by atoms with Gasteiger partial charge in [-0.2, -0.15) is 8.42 Å². The van der Waals surface area contributed by atoms with Crippen molar-refractivity contribution in [1.82, 2.24) is 4.90 Å². The zero-order valence-corrected chi connectivity index (χ0v) is 15.3. The summed E-state index contributed by atoms with van der Waals surface area (Å²) in [6.07, 6.45) is 0.208. The van der Waals surface area contributed by atoms with Crippen LogP contribution in [-0.4, -0.2) is 37.7 Å². The Kier molecular flexibility index (Phi) is 5.29. The van der Waals surface area contributed by atoms with E-state index in [4.69, 9.17) is 9.29 Å². The third-order valence-electron chi connectivity index (χ3n) is 4.49. The summed E-state index contributed by atoms with van der Waals surface area (Å²) in [5, 5.41) is 9.13. The fourth-order valence-corrected chi connectivity index (χ4v) is 3.88. The molecule has 0 unspecified atom stereocenters. The fraction of sp³-hybridized carbons (Fsp3) is 0.316. The highest BCUT2D eigenvalue weighted by atomic mass is 32.2. The molecule has 0 saturated heterocycles. The van der Waals surface area contributed by atoms with Crippen molar-refractivity contribution in [3.8, 4) is 0 Å². The molecule has 7 heteroatoms. The Morgan fingerprint density at radius 1 is 1.15 bits per heavy atom. The summed E-state index contributed by atoms with van der Waals surface area (Å²) in [5.41, 5.74) is 4.01. The molecular weight excluding hydrogens is 354 g/mol. The van der Waals surface area contributed by atoms with Crippen LogP contribution in [0, 0.1) is 6.92 Å². The van der Waals surface area contributed by atoms with Crippen LogP contribution in [0.25, 0.3) is 0 Å². The van der Waals surface area contributed by atoms with Crippen LogP contribution in [0.15, 0.2) is 47.4 Å². The van der Waals surface area contributed by atoms with E-state index in [2.05, 4.69) is 0 Å². The maximum atomic E-state index is 12.2. The SMILES string of the molecule is Cc1ccc(S(=O)(=O)OCCc2ccc3c(c2)CN(C(=O)O)CC3)cc1. The number of hydrogen-bond acceptors (Lipinski definition) is 4. The minimum absolute atomic E-state index is 0.0393. The molecule has 1 amide bonds. The Morgan fingerprint density at radius 2 is 1.88 bits per heavy atom. The molecule has 0 aromatic heterocycles. The molecule has 0 saturated carbocycles. The highest BCUT2D eigenvalue weighted by Crippen LogP contribution is 2.21. The molecule has 6 nitrogen and oxygen atoms in total. The first-order valence-electron chi connectivity index (χ1n) is 8.40. The normalized spacial score (nSPS) is 14.1. The lowest BCUT2D eigenvalue weighted by Crippen LogP contribution is -2.34. The minimum atomic E-state index is -3.77. The average Bonchev–Trinajstić information content (AvgIpc) is 2.61. The van der Waals surface area contributed by atoms with Crippen LogP contribution in [0.1, 0.15) is 22.3 Å². The Morgan fingerprint density at radius 3 is 2.58 bits per heavy atom. The first-order valence-corrected chi connectivity index (χ1v) is 9.80. The van der Waals surface area contributed by atoms with Crippen molar-refractivity contribution < 1.29 is 22.5 Å². The zero-order valence-electron chi connectivity index (χ0n) is 14.5. The van der Waals surface area contributed by atoms with E-state index in [1.165, 1.54) is 17.0 Å². The number of hydrogen-bond donors (Lipinski definition) is 1. The Balaban J connectivity index is 1.63. The van der Waals surface area contributed by atoms with Gasteiger partial charge in [-0.05, 0) is 48.6 Å². The van der Waals surface area contributed by atoms with Gasteiger partial charge in [-0.3, -0.25) is 4.18 Å². The van der Waals surface area contributed by atoms with Gasteiger partial charge in [-0.25, -0.2) is 4.79 Å². The van der Waals surface area contributed by atoms with Crippen LogP contribution in [0.3, 0.4) is 0 Å². The number of rotatable bonds is 5. The van der Waals surface area contributed by atoms with Crippen molar-refractivity contribution in [1.29, 1.82) is 0 Å². The maximum absolute atomic E-state index is 12.2. The van der Waals surface area contributed by atoms with Crippen LogP contribution in [0.5, 0.6) is 0 Å². The monoisotopic (exact) mass is 375 g/mol. The maximum Gasteiger partial charge on any atom is 0.407 e. The van der Waals surface area contributed by atoms with Gasteiger partial charge in [-0.15, -0.1) is 0 Å². The highest BCUT2D eigenvalue weighted by molar-refractivity contribution is 7.86. The Labute approximate surface area is 153 Å². The highest BCUT2D eigenvalue weighted by Gasteiger charge is 2.20. The molecule has 1 aliphatic heterocycles. The Bertz CT molecular complexity index is 906. The lowest BCUT2D eigenvalue weighted by atomic mass is 9.97. The first kappa shape index (κ1) is 18.4. The van der Waals surface area contributed by atoms with E-state index >= 15 is 0 Å². The van der Waals surface area contributed by atoms with Gasteiger partial charge >= 0.3 is 6.09 Å². The van der Waals surface area contributed by atoms with Crippen molar-refractivity contribution >= 4 is 16.2 Å². The van der Waals surface area contributed by atoms with Crippen molar-refractivity contribution in [3.05, 3.63) is 64.7 Å². The molecule has 2 aromatic carbocycles. The standard InChI is InChI=1S/C19H21NO5S/c1-14-2-6-18(7-3-14)26(23,24)25-11-9-15-4-5-16-8-10-20(19(21)22)13-17(16)12-15/h2-7,12H,8-11,13H2,1H3,(H,21,22). The van der Waals surface area contributed by atoms with Crippen LogP contribution in [0.4, 0.5) is 4.79 Å². The summed E-state index contributed by atoms with van der Waals surface area (Å²) < 4.78 is 29.5. The van der Waals surface area contributed by atoms with Gasteiger partial charge in [0.25, 0.3) is 10.1 Å². The van der Waals surface area contributed by atoms with E-state index in [-0.39, 0.29) is 11.5 Å². The van der Waals surface area contributed by atoms with E-state index in [1.54, 1.807) is 12.1 Å². The molecule has 26 heavy (non-hydrogen) atoms. The second kappa shape index (κ2) is 7.47. The summed E-state index contributed by atoms with van der Waals surface area (Å²) in [6, 6.07) is 12.4. The molecular formula is C19H21NO5S. The Hall–Kier alpha value is -2.38. The molecule has 1 N–H and O–H groups in total. The van der Waals surface area contributed by atoms with Crippen molar-refractivity contribution in [2.75, 3.05) is 13.2 Å². The second-order valence-corrected chi connectivity index (χ2v) is 8.01. The van der Waals surface area contributed by atoms with Crippen LogP contribution in [-0.2, 0) is 33.7 Å². The summed E-state index contributed by atoms with van der Waals surface area (Å²) in [7, 11) is -3.77. The molecule has 138 valence electrons. The number of aryl methyl sites for hydroxylation is 1. The van der Waals surface area contributed by atoms with E-state index < -0.39 is 16.2 Å². The van der Waals surface area contributed by atoms with E-state index in [9.17, 15) is 13.2 Å². The molecule has 0 bridgehead atoms. The molecule has 0 radical (unpaired) electrons. The quantitative estimate of drug-likeness (QED) is 0.812. The number of carboxylic acid groups (broad SMARTS) is 1. The van der Waals surface area contributed by atoms with Gasteiger partial charge in [-0.1, -0.05) is 35.9 Å². The average molecular weight is 375 g/mol. The summed E-state index contributed by atoms with van der Waals surface area (Å²) in [4.78, 5) is 12.6. The molecule has 1 aliphatic rings. The molecule has 0 spiro atoms. The van der Waals surface area contributed by atoms with Crippen LogP contribution >= 0.6 is 0 Å². The molecule has 0 aliphatic carbocycles. The molecule has 3 rings (SSSR count). The summed E-state index contributed by atoms with van der Waals surface area (Å²) in [5.74, 6) is 0. The molecule has 0 atom stereocenters. The predicted octanol–water partition coefficient (Wildman–Crippen LogP) is 2.98. The van der Waals surface area contributed by atoms with Gasteiger partial charge in [0, 0.05) is 13.1 Å². The van der Waals surface area contributed by atoms with Crippen LogP contribution < -0.4 is 0 Å². The smallest absolute Gasteiger partial charge is 0.407 e. The van der Waals surface area contributed by atoms with Gasteiger partial charge in [0.05, 0.1) is 11.5 Å². The number of benzene rings is 2. The minimum Gasteiger partial charge on any atom is -0.465 e. The first-order chi connectivity index (χ1) is 12.3. The number of fused-ring (bicyclic) bond motifs is 1. The van der Waals surface area contributed by atoms with Crippen molar-refractivity contribution in [2.24, 2.45) is 0 Å². The third-order valence-corrected chi connectivity index (χ3v) is 5.82. The molecule has 1 heterocycles. The molecule has 0 fully saturated rings. The van der Waals surface area contributed by atoms with Gasteiger partial charge < -0.3 is 10.0 Å². The number of amides is 1. The molecule has 2 aromatic rings. The van der Waals surface area contributed by atoms with Gasteiger partial charge in [0.1, 0.15) is 0 Å². The van der Waals surface area contributed by atoms with Gasteiger partial charge in [0.15, 0.2) is 0 Å². The lowest BCUT2D eigenvalue weighted by Gasteiger charge is -2.26. The van der Waals surface area contributed by atoms with Crippen molar-refractivity contribution in [3.63, 3.8) is 0 Å². The van der Waals surface area contributed by atoms with Crippen LogP contribution in [0.2, 0.25) is 0 Å². The third kappa shape index (κ3) is 4.23. The van der Waals surface area contributed by atoms with E-state index in [0.29, 0.717) is 25.9 Å². The van der Waals surface area contributed by atoms with Crippen molar-refractivity contribution in [2.45, 2.75) is 31.2 Å². The second-order valence-electron chi connectivity index (χ2n) is 6.40. The number of carbonyl (C=O) groups is 1. The summed E-state index contributed by atoms with van der Waals surface area (Å²) >= 11 is 0. The lowest BCUT2D eigenvalue weighted by molar-refractivity contribution is 0.140. The topological polar surface area (TPSA) is 83.9 Å². The van der Waals surface area contributed by atoms with E-state index in [1.807, 2.05) is 25.1 Å². The predicted molar refractivity (Wildman–Crippen MR) is 96.6 cm³/mol. The summed E-state index contributed by atoms with van der Waals surface area (Å²) in [6.45, 7) is 2.79. The zero-order chi connectivity index (χ0) is 18.7. The fourth-order valence-electron chi connectivity index (χ4n) is 2.97. The largest absolute Gasteiger partial charge is 0.465 e. The number of nitrogens with zero attached hydrogens (tertiary/aromatic N) is 1. The van der Waals surface area contributed by atoms with Gasteiger partial charge in [0.2, 0.25) is 0 Å².